The fraction of sp³-hybridized carbons (Fsp3) is 0.417. The maximum absolute atomic E-state index is 13.5. The highest BCUT2D eigenvalue weighted by Crippen LogP contribution is 2.25. The van der Waals surface area contributed by atoms with E-state index in [0.717, 1.165) is 6.07 Å². The molecule has 0 spiro atoms. The minimum absolute atomic E-state index is 0.218. The first kappa shape index (κ1) is 14.2. The molecule has 1 aromatic rings. The largest absolute Gasteiger partial charge is 0.357 e. The zero-order chi connectivity index (χ0) is 14.7. The second-order valence-electron chi connectivity index (χ2n) is 4.45. The van der Waals surface area contributed by atoms with Crippen molar-refractivity contribution in [1.82, 2.24) is 10.6 Å². The number of anilines is 1. The summed E-state index contributed by atoms with van der Waals surface area (Å²) in [5.41, 5.74) is 0.0148. The van der Waals surface area contributed by atoms with Gasteiger partial charge in [-0.25, -0.2) is 4.39 Å². The van der Waals surface area contributed by atoms with Crippen LogP contribution in [0.15, 0.2) is 18.2 Å². The summed E-state index contributed by atoms with van der Waals surface area (Å²) in [5.74, 6) is -0.910. The van der Waals surface area contributed by atoms with Crippen molar-refractivity contribution < 1.29 is 14.1 Å². The Bertz CT molecular complexity index is 537. The third-order valence-electron chi connectivity index (χ3n) is 3.20. The van der Waals surface area contributed by atoms with Gasteiger partial charge in [-0.05, 0) is 6.07 Å². The van der Waals surface area contributed by atoms with Gasteiger partial charge in [-0.1, -0.05) is 0 Å². The smallest absolute Gasteiger partial charge is 0.274 e. The van der Waals surface area contributed by atoms with Crippen LogP contribution in [-0.2, 0) is 4.79 Å². The van der Waals surface area contributed by atoms with Crippen molar-refractivity contribution in [2.24, 2.45) is 0 Å². The van der Waals surface area contributed by atoms with Crippen molar-refractivity contribution in [3.05, 3.63) is 34.1 Å². The SMILES string of the molecule is CNC(=O)C1CNCCN1c1cc(F)cc([N+](=O)[O-])c1. The van der Waals surface area contributed by atoms with Crippen LogP contribution in [-0.4, -0.2) is 43.6 Å². The van der Waals surface area contributed by atoms with Crippen LogP contribution >= 0.6 is 0 Å². The van der Waals surface area contributed by atoms with Gasteiger partial charge in [0.1, 0.15) is 11.9 Å². The van der Waals surface area contributed by atoms with Crippen molar-refractivity contribution >= 4 is 17.3 Å². The molecule has 1 aliphatic heterocycles. The van der Waals surface area contributed by atoms with E-state index in [-0.39, 0.29) is 11.6 Å². The Balaban J connectivity index is 2.37. The normalized spacial score (nSPS) is 18.7. The molecule has 0 aromatic heterocycles. The number of non-ortho nitro benzene ring substituents is 1. The topological polar surface area (TPSA) is 87.5 Å². The highest BCUT2D eigenvalue weighted by molar-refractivity contribution is 5.85. The fourth-order valence-electron chi connectivity index (χ4n) is 2.24. The standard InChI is InChI=1S/C12H15FN4O3/c1-14-12(18)11-7-15-2-3-16(11)9-4-8(13)5-10(6-9)17(19)20/h4-6,11,15H,2-3,7H2,1H3,(H,14,18). The molecule has 0 aliphatic carbocycles. The predicted octanol–water partition coefficient (Wildman–Crippen LogP) is 0.258. The molecule has 1 fully saturated rings. The summed E-state index contributed by atoms with van der Waals surface area (Å²) in [7, 11) is 1.52. The average Bonchev–Trinajstić information content (AvgIpc) is 2.45. The molecule has 20 heavy (non-hydrogen) atoms. The number of likely N-dealkylation sites (N-methyl/N-ethyl adjacent to an activating group) is 1. The van der Waals surface area contributed by atoms with Gasteiger partial charge in [0, 0.05) is 38.4 Å². The van der Waals surface area contributed by atoms with E-state index < -0.39 is 16.8 Å². The molecule has 1 saturated heterocycles. The first-order chi connectivity index (χ1) is 9.52. The van der Waals surface area contributed by atoms with E-state index >= 15 is 0 Å². The van der Waals surface area contributed by atoms with Crippen LogP contribution in [0.4, 0.5) is 15.8 Å². The van der Waals surface area contributed by atoms with Crippen LogP contribution in [0.1, 0.15) is 0 Å². The Morgan fingerprint density at radius 2 is 2.30 bits per heavy atom. The lowest BCUT2D eigenvalue weighted by Crippen LogP contribution is -2.57. The van der Waals surface area contributed by atoms with E-state index in [9.17, 15) is 19.3 Å². The molecule has 0 bridgehead atoms. The zero-order valence-corrected chi connectivity index (χ0v) is 10.9. The van der Waals surface area contributed by atoms with Crippen molar-refractivity contribution in [3.63, 3.8) is 0 Å². The zero-order valence-electron chi connectivity index (χ0n) is 10.9. The molecule has 8 heteroatoms. The number of carbonyl (C=O) groups excluding carboxylic acids is 1. The maximum atomic E-state index is 13.5. The summed E-state index contributed by atoms with van der Waals surface area (Å²) >= 11 is 0. The monoisotopic (exact) mass is 282 g/mol. The molecule has 7 nitrogen and oxygen atoms in total. The Morgan fingerprint density at radius 1 is 1.55 bits per heavy atom. The summed E-state index contributed by atoms with van der Waals surface area (Å²) < 4.78 is 13.5. The summed E-state index contributed by atoms with van der Waals surface area (Å²) in [4.78, 5) is 23.6. The fourth-order valence-corrected chi connectivity index (χ4v) is 2.24. The second-order valence-corrected chi connectivity index (χ2v) is 4.45. The van der Waals surface area contributed by atoms with Crippen LogP contribution in [0, 0.1) is 15.9 Å². The second kappa shape index (κ2) is 5.83. The highest BCUT2D eigenvalue weighted by atomic mass is 19.1. The van der Waals surface area contributed by atoms with Gasteiger partial charge in [-0.3, -0.25) is 14.9 Å². The lowest BCUT2D eigenvalue weighted by molar-refractivity contribution is -0.385. The Labute approximate surface area is 114 Å². The van der Waals surface area contributed by atoms with Crippen LogP contribution in [0.2, 0.25) is 0 Å². The van der Waals surface area contributed by atoms with Crippen molar-refractivity contribution in [2.75, 3.05) is 31.6 Å². The molecule has 1 unspecified atom stereocenters. The van der Waals surface area contributed by atoms with Gasteiger partial charge in [-0.2, -0.15) is 0 Å². The minimum Gasteiger partial charge on any atom is -0.357 e. The molecule has 1 aromatic carbocycles. The third-order valence-corrected chi connectivity index (χ3v) is 3.20. The number of nitro benzene ring substituents is 1. The molecule has 108 valence electrons. The Kier molecular flexibility index (Phi) is 4.14. The molecule has 1 heterocycles. The van der Waals surface area contributed by atoms with Crippen LogP contribution < -0.4 is 15.5 Å². The van der Waals surface area contributed by atoms with E-state index in [1.165, 1.54) is 19.2 Å². The Hall–Kier alpha value is -2.22. The molecule has 0 radical (unpaired) electrons. The number of hydrogen-bond acceptors (Lipinski definition) is 5. The number of benzene rings is 1. The van der Waals surface area contributed by atoms with Crippen molar-refractivity contribution in [3.8, 4) is 0 Å². The number of rotatable bonds is 3. The number of halogens is 1. The van der Waals surface area contributed by atoms with Crippen LogP contribution in [0.25, 0.3) is 0 Å². The van der Waals surface area contributed by atoms with E-state index in [1.807, 2.05) is 0 Å². The van der Waals surface area contributed by atoms with E-state index in [0.29, 0.717) is 25.3 Å². The first-order valence-electron chi connectivity index (χ1n) is 6.17. The number of carbonyl (C=O) groups is 1. The van der Waals surface area contributed by atoms with Crippen molar-refractivity contribution in [1.29, 1.82) is 0 Å². The molecule has 2 N–H and O–H groups in total. The van der Waals surface area contributed by atoms with Gasteiger partial charge in [0.05, 0.1) is 11.0 Å². The van der Waals surface area contributed by atoms with E-state index in [2.05, 4.69) is 10.6 Å². The van der Waals surface area contributed by atoms with Gasteiger partial charge in [0.2, 0.25) is 5.91 Å². The maximum Gasteiger partial charge on any atom is 0.274 e. The number of nitro groups is 1. The predicted molar refractivity (Wildman–Crippen MR) is 71.1 cm³/mol. The lowest BCUT2D eigenvalue weighted by atomic mass is 10.1. The molecular weight excluding hydrogens is 267 g/mol. The molecule has 1 atom stereocenters. The van der Waals surface area contributed by atoms with Crippen LogP contribution in [0.5, 0.6) is 0 Å². The summed E-state index contributed by atoms with van der Waals surface area (Å²) in [6.07, 6.45) is 0. The highest BCUT2D eigenvalue weighted by Gasteiger charge is 2.29. The summed E-state index contributed by atoms with van der Waals surface area (Å²) in [5, 5.41) is 16.4. The van der Waals surface area contributed by atoms with Crippen molar-refractivity contribution in [2.45, 2.75) is 6.04 Å². The summed E-state index contributed by atoms with van der Waals surface area (Å²) in [6, 6.07) is 2.83. The van der Waals surface area contributed by atoms with Gasteiger partial charge in [0.25, 0.3) is 5.69 Å². The molecule has 0 saturated carbocycles. The molecule has 1 aliphatic rings. The van der Waals surface area contributed by atoms with Gasteiger partial charge in [-0.15, -0.1) is 0 Å². The Morgan fingerprint density at radius 3 is 2.95 bits per heavy atom. The van der Waals surface area contributed by atoms with Gasteiger partial charge in [0.15, 0.2) is 0 Å². The number of amides is 1. The molecular formula is C12H15FN4O3. The van der Waals surface area contributed by atoms with E-state index in [4.69, 9.17) is 0 Å². The van der Waals surface area contributed by atoms with Gasteiger partial charge < -0.3 is 15.5 Å². The summed E-state index contributed by atoms with van der Waals surface area (Å²) in [6.45, 7) is 1.50. The number of nitrogens with zero attached hydrogens (tertiary/aromatic N) is 2. The number of hydrogen-bond donors (Lipinski definition) is 2. The van der Waals surface area contributed by atoms with E-state index in [1.54, 1.807) is 4.90 Å². The average molecular weight is 282 g/mol. The van der Waals surface area contributed by atoms with Gasteiger partial charge >= 0.3 is 0 Å². The van der Waals surface area contributed by atoms with Crippen LogP contribution in [0.3, 0.4) is 0 Å². The molecule has 1 amide bonds. The quantitative estimate of drug-likeness (QED) is 0.613. The first-order valence-corrected chi connectivity index (χ1v) is 6.17. The third kappa shape index (κ3) is 2.85. The number of piperazine rings is 1. The number of nitrogens with one attached hydrogen (secondary N) is 2. The molecule has 2 rings (SSSR count). The lowest BCUT2D eigenvalue weighted by Gasteiger charge is -2.36. The minimum atomic E-state index is -0.691.